The van der Waals surface area contributed by atoms with Crippen molar-refractivity contribution in [3.8, 4) is 0 Å². The molecule has 3 rings (SSSR count). The van der Waals surface area contributed by atoms with E-state index < -0.39 is 0 Å². The Morgan fingerprint density at radius 3 is 2.70 bits per heavy atom. The first-order valence-corrected chi connectivity index (χ1v) is 7.53. The molecule has 106 valence electrons. The molecule has 0 amide bonds. The standard InChI is InChI=1S/C15H16BrNO3/c1-20-15(19)14-10-6-7-11(18)12(10)13(17-14)8-2-4-9(16)5-3-8/h2-5,10,12-14,17H,6-7H2,1H3/t10-,12-,13+,14+/m1/s1. The second-order valence-electron chi connectivity index (χ2n) is 5.39. The van der Waals surface area contributed by atoms with Gasteiger partial charge in [-0.3, -0.25) is 14.9 Å². The summed E-state index contributed by atoms with van der Waals surface area (Å²) in [7, 11) is 1.39. The topological polar surface area (TPSA) is 55.4 Å². The van der Waals surface area contributed by atoms with Gasteiger partial charge >= 0.3 is 5.97 Å². The number of carbonyl (C=O) groups excluding carboxylic acids is 2. The van der Waals surface area contributed by atoms with E-state index in [0.29, 0.717) is 6.42 Å². The largest absolute Gasteiger partial charge is 0.468 e. The third-order valence-corrected chi connectivity index (χ3v) is 4.92. The molecule has 4 nitrogen and oxygen atoms in total. The number of rotatable bonds is 2. The molecule has 1 heterocycles. The minimum atomic E-state index is -0.370. The zero-order valence-electron chi connectivity index (χ0n) is 11.1. The van der Waals surface area contributed by atoms with Crippen LogP contribution >= 0.6 is 15.9 Å². The number of benzene rings is 1. The van der Waals surface area contributed by atoms with Crippen LogP contribution in [0.5, 0.6) is 0 Å². The number of nitrogens with one attached hydrogen (secondary N) is 1. The maximum Gasteiger partial charge on any atom is 0.323 e. The van der Waals surface area contributed by atoms with Gasteiger partial charge in [0.2, 0.25) is 0 Å². The first kappa shape index (κ1) is 13.8. The SMILES string of the molecule is COC(=O)[C@H]1N[C@@H](c2ccc(Br)cc2)[C@H]2C(=O)CC[C@H]21. The molecular weight excluding hydrogens is 322 g/mol. The van der Waals surface area contributed by atoms with Crippen molar-refractivity contribution < 1.29 is 14.3 Å². The molecule has 4 atom stereocenters. The summed E-state index contributed by atoms with van der Waals surface area (Å²) in [4.78, 5) is 24.1. The average Bonchev–Trinajstić information content (AvgIpc) is 3.00. The van der Waals surface area contributed by atoms with Crippen LogP contribution in [0.15, 0.2) is 28.7 Å². The van der Waals surface area contributed by atoms with Crippen molar-refractivity contribution in [2.24, 2.45) is 11.8 Å². The molecule has 1 aliphatic carbocycles. The summed E-state index contributed by atoms with van der Waals surface area (Å²) < 4.78 is 5.86. The van der Waals surface area contributed by atoms with Crippen molar-refractivity contribution in [3.63, 3.8) is 0 Å². The fraction of sp³-hybridized carbons (Fsp3) is 0.467. The molecule has 1 aromatic rings. The van der Waals surface area contributed by atoms with Gasteiger partial charge in [-0.15, -0.1) is 0 Å². The minimum Gasteiger partial charge on any atom is -0.468 e. The monoisotopic (exact) mass is 337 g/mol. The molecule has 1 saturated heterocycles. The zero-order valence-corrected chi connectivity index (χ0v) is 12.7. The predicted octanol–water partition coefficient (Wildman–Crippen LogP) is 2.23. The van der Waals surface area contributed by atoms with Gasteiger partial charge in [-0.2, -0.15) is 0 Å². The van der Waals surface area contributed by atoms with Crippen LogP contribution in [-0.2, 0) is 14.3 Å². The number of halogens is 1. The van der Waals surface area contributed by atoms with Crippen molar-refractivity contribution in [3.05, 3.63) is 34.3 Å². The molecule has 2 aliphatic rings. The maximum absolute atomic E-state index is 12.2. The molecule has 5 heteroatoms. The van der Waals surface area contributed by atoms with E-state index in [1.165, 1.54) is 7.11 Å². The van der Waals surface area contributed by atoms with Crippen LogP contribution < -0.4 is 5.32 Å². The number of ketones is 1. The van der Waals surface area contributed by atoms with Gasteiger partial charge in [0.1, 0.15) is 11.8 Å². The molecule has 2 fully saturated rings. The van der Waals surface area contributed by atoms with Gasteiger partial charge in [0.25, 0.3) is 0 Å². The number of fused-ring (bicyclic) bond motifs is 1. The highest BCUT2D eigenvalue weighted by Gasteiger charge is 2.53. The summed E-state index contributed by atoms with van der Waals surface area (Å²) in [5.74, 6) is -0.0694. The number of Topliss-reactive ketones (excluding diaryl/α,β-unsaturated/α-hetero) is 1. The van der Waals surface area contributed by atoms with Gasteiger partial charge < -0.3 is 4.74 Å². The van der Waals surface area contributed by atoms with Crippen molar-refractivity contribution >= 4 is 27.7 Å². The highest BCUT2D eigenvalue weighted by molar-refractivity contribution is 9.10. The lowest BCUT2D eigenvalue weighted by molar-refractivity contribution is -0.143. The fourth-order valence-corrected chi connectivity index (χ4v) is 3.73. The Morgan fingerprint density at radius 2 is 2.05 bits per heavy atom. The second-order valence-corrected chi connectivity index (χ2v) is 6.31. The van der Waals surface area contributed by atoms with Gasteiger partial charge in [0.05, 0.1) is 7.11 Å². The van der Waals surface area contributed by atoms with Gasteiger partial charge in [0.15, 0.2) is 0 Å². The zero-order chi connectivity index (χ0) is 14.3. The first-order chi connectivity index (χ1) is 9.61. The Balaban J connectivity index is 1.93. The van der Waals surface area contributed by atoms with E-state index in [0.717, 1.165) is 16.5 Å². The van der Waals surface area contributed by atoms with Gasteiger partial charge in [-0.1, -0.05) is 28.1 Å². The van der Waals surface area contributed by atoms with Gasteiger partial charge in [0, 0.05) is 22.9 Å². The van der Waals surface area contributed by atoms with E-state index in [1.54, 1.807) is 0 Å². The third-order valence-electron chi connectivity index (χ3n) is 4.39. The van der Waals surface area contributed by atoms with E-state index >= 15 is 0 Å². The van der Waals surface area contributed by atoms with Crippen LogP contribution in [0.4, 0.5) is 0 Å². The summed E-state index contributed by atoms with van der Waals surface area (Å²) in [6.45, 7) is 0. The Kier molecular flexibility index (Phi) is 3.65. The van der Waals surface area contributed by atoms with Gasteiger partial charge in [-0.05, 0) is 30.0 Å². The molecule has 1 aliphatic heterocycles. The highest BCUT2D eigenvalue weighted by Crippen LogP contribution is 2.45. The lowest BCUT2D eigenvalue weighted by Gasteiger charge is -2.17. The summed E-state index contributed by atoms with van der Waals surface area (Å²) in [5.41, 5.74) is 1.05. The number of carbonyl (C=O) groups is 2. The highest BCUT2D eigenvalue weighted by atomic mass is 79.9. The predicted molar refractivity (Wildman–Crippen MR) is 77.0 cm³/mol. The summed E-state index contributed by atoms with van der Waals surface area (Å²) in [6, 6.07) is 7.43. The summed E-state index contributed by atoms with van der Waals surface area (Å²) in [6.07, 6.45) is 1.33. The van der Waals surface area contributed by atoms with E-state index in [9.17, 15) is 9.59 Å². The maximum atomic E-state index is 12.2. The normalized spacial score (nSPS) is 32.2. The Hall–Kier alpha value is -1.20. The smallest absolute Gasteiger partial charge is 0.323 e. The first-order valence-electron chi connectivity index (χ1n) is 6.74. The van der Waals surface area contributed by atoms with Crippen LogP contribution in [0.1, 0.15) is 24.4 Å². The van der Waals surface area contributed by atoms with E-state index in [2.05, 4.69) is 21.2 Å². The van der Waals surface area contributed by atoms with E-state index in [4.69, 9.17) is 4.74 Å². The lowest BCUT2D eigenvalue weighted by Crippen LogP contribution is -2.37. The lowest BCUT2D eigenvalue weighted by atomic mass is 9.87. The number of ether oxygens (including phenoxy) is 1. The van der Waals surface area contributed by atoms with Crippen LogP contribution in [0.2, 0.25) is 0 Å². The van der Waals surface area contributed by atoms with E-state index in [1.807, 2.05) is 24.3 Å². The molecule has 20 heavy (non-hydrogen) atoms. The van der Waals surface area contributed by atoms with Crippen molar-refractivity contribution in [2.45, 2.75) is 24.9 Å². The Bertz CT molecular complexity index is 543. The fourth-order valence-electron chi connectivity index (χ4n) is 3.47. The Labute approximate surface area is 126 Å². The van der Waals surface area contributed by atoms with Crippen LogP contribution in [-0.4, -0.2) is 24.9 Å². The minimum absolute atomic E-state index is 0.0589. The van der Waals surface area contributed by atoms with E-state index in [-0.39, 0.29) is 35.7 Å². The molecule has 0 bridgehead atoms. The molecule has 0 aromatic heterocycles. The number of esters is 1. The number of hydrogen-bond acceptors (Lipinski definition) is 4. The quantitative estimate of drug-likeness (QED) is 0.841. The number of methoxy groups -OCH3 is 1. The summed E-state index contributed by atoms with van der Waals surface area (Å²) >= 11 is 3.41. The van der Waals surface area contributed by atoms with Crippen LogP contribution in [0.3, 0.4) is 0 Å². The third kappa shape index (κ3) is 2.19. The molecule has 0 unspecified atom stereocenters. The Morgan fingerprint density at radius 1 is 1.35 bits per heavy atom. The molecule has 0 radical (unpaired) electrons. The van der Waals surface area contributed by atoms with Crippen molar-refractivity contribution in [1.29, 1.82) is 0 Å². The van der Waals surface area contributed by atoms with Gasteiger partial charge in [-0.25, -0.2) is 0 Å². The van der Waals surface area contributed by atoms with Crippen molar-refractivity contribution in [1.82, 2.24) is 5.32 Å². The second kappa shape index (κ2) is 5.30. The van der Waals surface area contributed by atoms with Crippen LogP contribution in [0.25, 0.3) is 0 Å². The average molecular weight is 338 g/mol. The molecule has 1 N–H and O–H groups in total. The molecule has 1 aromatic carbocycles. The molecule has 1 saturated carbocycles. The van der Waals surface area contributed by atoms with Crippen LogP contribution in [0, 0.1) is 11.8 Å². The molecular formula is C15H16BrNO3. The molecule has 0 spiro atoms. The van der Waals surface area contributed by atoms with Crippen molar-refractivity contribution in [2.75, 3.05) is 7.11 Å². The summed E-state index contributed by atoms with van der Waals surface area (Å²) in [5, 5.41) is 3.30. The number of hydrogen-bond donors (Lipinski definition) is 1.